The number of rotatable bonds is 8. The number of hydrogen-bond donors (Lipinski definition) is 2. The molecular weight excluding hydrogens is 509 g/mol. The van der Waals surface area contributed by atoms with E-state index in [1.165, 1.54) is 30.1 Å². The molecule has 0 aliphatic carbocycles. The van der Waals surface area contributed by atoms with Crippen LogP contribution in [0.5, 0.6) is 0 Å². The Morgan fingerprint density at radius 2 is 1.57 bits per heavy atom. The number of amides is 1. The van der Waals surface area contributed by atoms with Gasteiger partial charge in [0.15, 0.2) is 11.0 Å². The smallest absolute Gasteiger partial charge is 0.335 e. The zero-order chi connectivity index (χ0) is 24.8. The summed E-state index contributed by atoms with van der Waals surface area (Å²) in [6, 6.07) is 20.6. The lowest BCUT2D eigenvalue weighted by atomic mass is 10.1. The Hall–Kier alpha value is -3.66. The predicted octanol–water partition coefficient (Wildman–Crippen LogP) is 5.18. The zero-order valence-electron chi connectivity index (χ0n) is 17.9. The number of nitrogens with one attached hydrogen (secondary N) is 1. The van der Waals surface area contributed by atoms with Gasteiger partial charge in [-0.1, -0.05) is 47.1 Å². The lowest BCUT2D eigenvalue weighted by Gasteiger charge is -2.10. The zero-order valence-corrected chi connectivity index (χ0v) is 20.3. The van der Waals surface area contributed by atoms with Crippen molar-refractivity contribution in [2.45, 2.75) is 5.16 Å². The van der Waals surface area contributed by atoms with Crippen LogP contribution in [0.25, 0.3) is 17.1 Å². The fourth-order valence-corrected chi connectivity index (χ4v) is 4.02. The summed E-state index contributed by atoms with van der Waals surface area (Å²) >= 11 is 13.3. The molecule has 0 unspecified atom stereocenters. The van der Waals surface area contributed by atoms with Crippen LogP contribution in [0.2, 0.25) is 10.0 Å². The van der Waals surface area contributed by atoms with Crippen LogP contribution in [0, 0.1) is 0 Å². The number of nitrogens with zero attached hydrogens (tertiary/aromatic N) is 4. The van der Waals surface area contributed by atoms with Crippen molar-refractivity contribution in [3.8, 4) is 17.1 Å². The number of carboxylic acid groups (broad SMARTS) is 1. The Morgan fingerprint density at radius 1 is 0.943 bits per heavy atom. The Kier molecular flexibility index (Phi) is 7.81. The molecule has 176 valence electrons. The predicted molar refractivity (Wildman–Crippen MR) is 137 cm³/mol. The number of aromatic carboxylic acids is 1. The molecule has 8 nitrogen and oxygen atoms in total. The Morgan fingerprint density at radius 3 is 2.20 bits per heavy atom. The number of hydrogen-bond acceptors (Lipinski definition) is 6. The molecule has 11 heteroatoms. The van der Waals surface area contributed by atoms with Gasteiger partial charge in [0.1, 0.15) is 0 Å². The number of carbonyl (C=O) groups excluding carboxylic acids is 1. The summed E-state index contributed by atoms with van der Waals surface area (Å²) in [4.78, 5) is 23.3. The Labute approximate surface area is 214 Å². The second-order valence-corrected chi connectivity index (χ2v) is 8.95. The average Bonchev–Trinajstić information content (AvgIpc) is 3.28. The molecule has 0 atom stereocenters. The molecule has 0 saturated carbocycles. The average molecular weight is 526 g/mol. The first-order valence-corrected chi connectivity index (χ1v) is 11.9. The maximum atomic E-state index is 12.3. The Bertz CT molecular complexity index is 1370. The number of aromatic nitrogens is 3. The second-order valence-electron chi connectivity index (χ2n) is 7.13. The van der Waals surface area contributed by atoms with Crippen molar-refractivity contribution in [2.24, 2.45) is 5.10 Å². The second kappa shape index (κ2) is 11.2. The van der Waals surface area contributed by atoms with E-state index in [1.54, 1.807) is 36.4 Å². The van der Waals surface area contributed by atoms with E-state index in [1.807, 2.05) is 28.8 Å². The quantitative estimate of drug-likeness (QED) is 0.186. The molecule has 1 aromatic heterocycles. The molecule has 4 aromatic rings. The van der Waals surface area contributed by atoms with Gasteiger partial charge in [-0.25, -0.2) is 10.2 Å². The van der Waals surface area contributed by atoms with Crippen molar-refractivity contribution in [1.82, 2.24) is 20.2 Å². The van der Waals surface area contributed by atoms with Gasteiger partial charge in [0.2, 0.25) is 0 Å². The van der Waals surface area contributed by atoms with Gasteiger partial charge < -0.3 is 5.11 Å². The Balaban J connectivity index is 1.47. The summed E-state index contributed by atoms with van der Waals surface area (Å²) in [6.45, 7) is 0. The number of benzene rings is 3. The number of halogens is 2. The van der Waals surface area contributed by atoms with Crippen LogP contribution in [-0.2, 0) is 4.79 Å². The van der Waals surface area contributed by atoms with Crippen LogP contribution in [0.4, 0.5) is 0 Å². The maximum absolute atomic E-state index is 12.3. The summed E-state index contributed by atoms with van der Waals surface area (Å²) < 4.78 is 1.84. The molecule has 0 spiro atoms. The first kappa shape index (κ1) is 24.5. The van der Waals surface area contributed by atoms with E-state index < -0.39 is 5.97 Å². The fourth-order valence-electron chi connectivity index (χ4n) is 3.03. The van der Waals surface area contributed by atoms with Gasteiger partial charge in [0.05, 0.1) is 17.5 Å². The van der Waals surface area contributed by atoms with Crippen LogP contribution in [-0.4, -0.2) is 43.7 Å². The highest BCUT2D eigenvalue weighted by molar-refractivity contribution is 7.99. The topological polar surface area (TPSA) is 109 Å². The van der Waals surface area contributed by atoms with Gasteiger partial charge in [-0.05, 0) is 66.2 Å². The minimum Gasteiger partial charge on any atom is -0.478 e. The van der Waals surface area contributed by atoms with Gasteiger partial charge in [0, 0.05) is 21.3 Å². The highest BCUT2D eigenvalue weighted by Gasteiger charge is 2.17. The lowest BCUT2D eigenvalue weighted by molar-refractivity contribution is -0.118. The number of carbonyl (C=O) groups is 2. The molecular formula is C24H17Cl2N5O3S. The van der Waals surface area contributed by atoms with Crippen LogP contribution >= 0.6 is 35.0 Å². The van der Waals surface area contributed by atoms with Crippen molar-refractivity contribution in [3.05, 3.63) is 94.0 Å². The van der Waals surface area contributed by atoms with Crippen LogP contribution in [0.1, 0.15) is 15.9 Å². The summed E-state index contributed by atoms with van der Waals surface area (Å²) in [7, 11) is 0. The summed E-state index contributed by atoms with van der Waals surface area (Å²) in [6.07, 6.45) is 1.43. The molecule has 0 aliphatic rings. The molecule has 0 bridgehead atoms. The van der Waals surface area contributed by atoms with E-state index in [9.17, 15) is 9.59 Å². The third-order valence-corrected chi connectivity index (χ3v) is 6.15. The summed E-state index contributed by atoms with van der Waals surface area (Å²) in [5, 5.41) is 23.2. The minimum atomic E-state index is -1.01. The number of thioether (sulfide) groups is 1. The first-order valence-electron chi connectivity index (χ1n) is 10.2. The molecule has 2 N–H and O–H groups in total. The monoisotopic (exact) mass is 525 g/mol. The molecule has 0 radical (unpaired) electrons. The summed E-state index contributed by atoms with van der Waals surface area (Å²) in [5.41, 5.74) is 4.88. The standard InChI is InChI=1S/C24H17Cl2N5O3S/c25-18-7-5-16(6-8-18)22-29-30-24(31(22)20-11-9-19(26)10-12-20)35-14-21(32)28-27-13-15-1-3-17(4-2-15)23(33)34/h1-13H,14H2,(H,28,32)(H,33,34)/b27-13+. The normalized spacial score (nSPS) is 11.0. The highest BCUT2D eigenvalue weighted by atomic mass is 35.5. The van der Waals surface area contributed by atoms with Crippen molar-refractivity contribution in [3.63, 3.8) is 0 Å². The molecule has 1 amide bonds. The molecule has 0 saturated heterocycles. The molecule has 35 heavy (non-hydrogen) atoms. The SMILES string of the molecule is O=C(CSc1nnc(-c2ccc(Cl)cc2)n1-c1ccc(Cl)cc1)N/N=C/c1ccc(C(=O)O)cc1. The van der Waals surface area contributed by atoms with Crippen molar-refractivity contribution in [2.75, 3.05) is 5.75 Å². The van der Waals surface area contributed by atoms with Gasteiger partial charge in [-0.2, -0.15) is 5.10 Å². The third-order valence-electron chi connectivity index (χ3n) is 4.71. The first-order chi connectivity index (χ1) is 16.9. The van der Waals surface area contributed by atoms with E-state index in [4.69, 9.17) is 28.3 Å². The van der Waals surface area contributed by atoms with Crippen LogP contribution in [0.3, 0.4) is 0 Å². The van der Waals surface area contributed by atoms with Gasteiger partial charge >= 0.3 is 5.97 Å². The van der Waals surface area contributed by atoms with Crippen molar-refractivity contribution >= 4 is 53.1 Å². The third kappa shape index (κ3) is 6.27. The van der Waals surface area contributed by atoms with Crippen molar-refractivity contribution in [1.29, 1.82) is 0 Å². The summed E-state index contributed by atoms with van der Waals surface area (Å²) in [5.74, 6) is -0.715. The van der Waals surface area contributed by atoms with E-state index in [-0.39, 0.29) is 17.2 Å². The number of hydrazone groups is 1. The highest BCUT2D eigenvalue weighted by Crippen LogP contribution is 2.29. The maximum Gasteiger partial charge on any atom is 0.335 e. The molecule has 0 fully saturated rings. The van der Waals surface area contributed by atoms with Crippen molar-refractivity contribution < 1.29 is 14.7 Å². The van der Waals surface area contributed by atoms with Gasteiger partial charge in [-0.3, -0.25) is 9.36 Å². The fraction of sp³-hybridized carbons (Fsp3) is 0.0417. The van der Waals surface area contributed by atoms with E-state index in [0.717, 1.165) is 11.3 Å². The van der Waals surface area contributed by atoms with Gasteiger partial charge in [-0.15, -0.1) is 10.2 Å². The molecule has 4 rings (SSSR count). The lowest BCUT2D eigenvalue weighted by Crippen LogP contribution is -2.20. The molecule has 3 aromatic carbocycles. The van der Waals surface area contributed by atoms with Crippen LogP contribution in [0.15, 0.2) is 83.1 Å². The van der Waals surface area contributed by atoms with E-state index >= 15 is 0 Å². The van der Waals surface area contributed by atoms with Crippen LogP contribution < -0.4 is 5.43 Å². The van der Waals surface area contributed by atoms with E-state index in [2.05, 4.69) is 20.7 Å². The largest absolute Gasteiger partial charge is 0.478 e. The minimum absolute atomic E-state index is 0.0433. The molecule has 1 heterocycles. The van der Waals surface area contributed by atoms with E-state index in [0.29, 0.717) is 26.6 Å². The number of carboxylic acids is 1. The molecule has 0 aliphatic heterocycles. The van der Waals surface area contributed by atoms with Gasteiger partial charge in [0.25, 0.3) is 5.91 Å².